The molecule has 0 heterocycles. The van der Waals surface area contributed by atoms with Gasteiger partial charge in [-0.3, -0.25) is 9.59 Å². The summed E-state index contributed by atoms with van der Waals surface area (Å²) in [5, 5.41) is 5.48. The summed E-state index contributed by atoms with van der Waals surface area (Å²) in [4.78, 5) is 25.9. The summed E-state index contributed by atoms with van der Waals surface area (Å²) < 4.78 is 11.4. The molecule has 2 N–H and O–H groups in total. The highest BCUT2D eigenvalue weighted by Gasteiger charge is 2.15. The smallest absolute Gasteiger partial charge is 0.255 e. The van der Waals surface area contributed by atoms with Gasteiger partial charge in [0.15, 0.2) is 11.5 Å². The van der Waals surface area contributed by atoms with Crippen LogP contribution in [0.5, 0.6) is 11.5 Å². The lowest BCUT2D eigenvalue weighted by Gasteiger charge is -2.13. The third-order valence-corrected chi connectivity index (χ3v) is 6.19. The highest BCUT2D eigenvalue weighted by Crippen LogP contribution is 2.29. The Morgan fingerprint density at radius 3 is 2.06 bits per heavy atom. The van der Waals surface area contributed by atoms with E-state index in [4.69, 9.17) is 9.47 Å². The van der Waals surface area contributed by atoms with Crippen LogP contribution in [0.25, 0.3) is 0 Å². The monoisotopic (exact) mass is 514 g/mol. The van der Waals surface area contributed by atoms with E-state index in [2.05, 4.69) is 26.6 Å². The molecular formula is C24H23BrN2O4S. The van der Waals surface area contributed by atoms with Gasteiger partial charge < -0.3 is 20.1 Å². The van der Waals surface area contributed by atoms with E-state index in [9.17, 15) is 9.59 Å². The lowest BCUT2D eigenvalue weighted by atomic mass is 10.2. The zero-order valence-electron chi connectivity index (χ0n) is 17.8. The van der Waals surface area contributed by atoms with Gasteiger partial charge in [0.1, 0.15) is 0 Å². The number of hydrogen-bond acceptors (Lipinski definition) is 5. The molecule has 1 atom stereocenters. The number of benzene rings is 3. The van der Waals surface area contributed by atoms with Gasteiger partial charge in [-0.15, -0.1) is 11.8 Å². The van der Waals surface area contributed by atoms with Crippen LogP contribution in [0.3, 0.4) is 0 Å². The summed E-state index contributed by atoms with van der Waals surface area (Å²) in [6, 6.07) is 19.8. The second-order valence-electron chi connectivity index (χ2n) is 6.80. The number of rotatable bonds is 8. The zero-order valence-corrected chi connectivity index (χ0v) is 20.2. The Balaban J connectivity index is 1.58. The minimum Gasteiger partial charge on any atom is -0.493 e. The maximum atomic E-state index is 12.6. The minimum atomic E-state index is -0.286. The summed E-state index contributed by atoms with van der Waals surface area (Å²) >= 11 is 4.82. The number of hydrogen-bond donors (Lipinski definition) is 2. The fourth-order valence-electron chi connectivity index (χ4n) is 2.83. The van der Waals surface area contributed by atoms with Gasteiger partial charge in [-0.25, -0.2) is 0 Å². The van der Waals surface area contributed by atoms with Crippen molar-refractivity contribution in [1.82, 2.24) is 0 Å². The SMILES string of the molecule is COc1ccc(C(=O)Nc2ccc(SC(C)C(=O)Nc3ccc(Br)cc3)cc2)cc1OC. The van der Waals surface area contributed by atoms with Crippen molar-refractivity contribution in [1.29, 1.82) is 0 Å². The molecular weight excluding hydrogens is 492 g/mol. The quantitative estimate of drug-likeness (QED) is 0.369. The second-order valence-corrected chi connectivity index (χ2v) is 9.13. The highest BCUT2D eigenvalue weighted by molar-refractivity contribution is 9.10. The summed E-state index contributed by atoms with van der Waals surface area (Å²) in [5.74, 6) is 0.711. The Morgan fingerprint density at radius 2 is 1.44 bits per heavy atom. The van der Waals surface area contributed by atoms with Crippen molar-refractivity contribution < 1.29 is 19.1 Å². The summed E-state index contributed by atoms with van der Waals surface area (Å²) in [7, 11) is 3.07. The first-order valence-corrected chi connectivity index (χ1v) is 11.4. The zero-order chi connectivity index (χ0) is 23.1. The molecule has 6 nitrogen and oxygen atoms in total. The molecule has 8 heteroatoms. The molecule has 3 aromatic carbocycles. The topological polar surface area (TPSA) is 76.7 Å². The molecule has 2 amide bonds. The first-order valence-electron chi connectivity index (χ1n) is 9.76. The molecule has 0 saturated heterocycles. The number of thioether (sulfide) groups is 1. The van der Waals surface area contributed by atoms with Crippen molar-refractivity contribution in [2.24, 2.45) is 0 Å². The van der Waals surface area contributed by atoms with Gasteiger partial charge in [0.05, 0.1) is 19.5 Å². The molecule has 3 aromatic rings. The molecule has 0 aliphatic carbocycles. The predicted molar refractivity (Wildman–Crippen MR) is 132 cm³/mol. The number of carbonyl (C=O) groups excluding carboxylic acids is 2. The van der Waals surface area contributed by atoms with Crippen LogP contribution in [-0.2, 0) is 4.79 Å². The number of anilines is 2. The fraction of sp³-hybridized carbons (Fsp3) is 0.167. The van der Waals surface area contributed by atoms with Crippen LogP contribution in [0.1, 0.15) is 17.3 Å². The highest BCUT2D eigenvalue weighted by atomic mass is 79.9. The van der Waals surface area contributed by atoms with Crippen molar-refractivity contribution >= 4 is 50.9 Å². The van der Waals surface area contributed by atoms with Crippen LogP contribution in [0.2, 0.25) is 0 Å². The van der Waals surface area contributed by atoms with Crippen LogP contribution < -0.4 is 20.1 Å². The molecule has 0 spiro atoms. The van der Waals surface area contributed by atoms with E-state index < -0.39 is 0 Å². The average Bonchev–Trinajstić information content (AvgIpc) is 2.81. The lowest BCUT2D eigenvalue weighted by molar-refractivity contribution is -0.115. The number of nitrogens with one attached hydrogen (secondary N) is 2. The molecule has 0 aliphatic rings. The largest absolute Gasteiger partial charge is 0.493 e. The van der Waals surface area contributed by atoms with E-state index in [0.29, 0.717) is 22.7 Å². The maximum Gasteiger partial charge on any atom is 0.255 e. The Hall–Kier alpha value is -2.97. The van der Waals surface area contributed by atoms with Gasteiger partial charge >= 0.3 is 0 Å². The molecule has 166 valence electrons. The molecule has 0 saturated carbocycles. The molecule has 1 unspecified atom stereocenters. The molecule has 0 fully saturated rings. The van der Waals surface area contributed by atoms with Crippen molar-refractivity contribution in [3.8, 4) is 11.5 Å². The predicted octanol–water partition coefficient (Wildman–Crippen LogP) is 5.84. The Labute approximate surface area is 199 Å². The van der Waals surface area contributed by atoms with Crippen molar-refractivity contribution in [2.45, 2.75) is 17.1 Å². The number of amides is 2. The third kappa shape index (κ3) is 6.27. The molecule has 0 bridgehead atoms. The van der Waals surface area contributed by atoms with Gasteiger partial charge in [0.25, 0.3) is 5.91 Å². The molecule has 0 aliphatic heterocycles. The number of halogens is 1. The van der Waals surface area contributed by atoms with Crippen LogP contribution in [0.15, 0.2) is 76.1 Å². The minimum absolute atomic E-state index is 0.0804. The van der Waals surface area contributed by atoms with Gasteiger partial charge in [0, 0.05) is 26.3 Å². The van der Waals surface area contributed by atoms with Gasteiger partial charge in [-0.2, -0.15) is 0 Å². The van der Waals surface area contributed by atoms with E-state index in [1.54, 1.807) is 37.4 Å². The maximum absolute atomic E-state index is 12.6. The van der Waals surface area contributed by atoms with Gasteiger partial charge in [0.2, 0.25) is 5.91 Å². The van der Waals surface area contributed by atoms with E-state index in [1.807, 2.05) is 43.3 Å². The third-order valence-electron chi connectivity index (χ3n) is 4.55. The van der Waals surface area contributed by atoms with Crippen molar-refractivity contribution in [2.75, 3.05) is 24.9 Å². The number of ether oxygens (including phenoxy) is 2. The Morgan fingerprint density at radius 1 is 0.844 bits per heavy atom. The molecule has 32 heavy (non-hydrogen) atoms. The molecule has 3 rings (SSSR count). The second kappa shape index (κ2) is 11.1. The van der Waals surface area contributed by atoms with Crippen LogP contribution >= 0.6 is 27.7 Å². The van der Waals surface area contributed by atoms with Crippen molar-refractivity contribution in [3.63, 3.8) is 0 Å². The summed E-state index contributed by atoms with van der Waals surface area (Å²) in [5.41, 5.74) is 1.86. The first-order chi connectivity index (χ1) is 15.4. The normalized spacial score (nSPS) is 11.4. The number of carbonyl (C=O) groups is 2. The molecule has 0 aromatic heterocycles. The van der Waals surface area contributed by atoms with E-state index >= 15 is 0 Å². The van der Waals surface area contributed by atoms with E-state index in [0.717, 1.165) is 15.1 Å². The fourth-order valence-corrected chi connectivity index (χ4v) is 3.96. The van der Waals surface area contributed by atoms with Crippen LogP contribution in [-0.4, -0.2) is 31.3 Å². The standard InChI is InChI=1S/C24H23BrN2O4S/c1-15(23(28)26-18-7-5-17(25)6-8-18)32-20-11-9-19(10-12-20)27-24(29)16-4-13-21(30-2)22(14-16)31-3/h4-15H,1-3H3,(H,26,28)(H,27,29). The number of methoxy groups -OCH3 is 2. The lowest BCUT2D eigenvalue weighted by Crippen LogP contribution is -2.22. The van der Waals surface area contributed by atoms with Crippen molar-refractivity contribution in [3.05, 3.63) is 76.8 Å². The average molecular weight is 515 g/mol. The molecule has 0 radical (unpaired) electrons. The van der Waals surface area contributed by atoms with Crippen LogP contribution in [0.4, 0.5) is 11.4 Å². The summed E-state index contributed by atoms with van der Waals surface area (Å²) in [6.07, 6.45) is 0. The summed E-state index contributed by atoms with van der Waals surface area (Å²) in [6.45, 7) is 1.85. The Kier molecular flexibility index (Phi) is 8.19. The van der Waals surface area contributed by atoms with Gasteiger partial charge in [-0.1, -0.05) is 15.9 Å². The Bertz CT molecular complexity index is 1090. The van der Waals surface area contributed by atoms with E-state index in [-0.39, 0.29) is 17.1 Å². The first kappa shape index (κ1) is 23.7. The van der Waals surface area contributed by atoms with E-state index in [1.165, 1.54) is 18.9 Å². The van der Waals surface area contributed by atoms with Crippen LogP contribution in [0, 0.1) is 0 Å². The van der Waals surface area contributed by atoms with Gasteiger partial charge in [-0.05, 0) is 73.7 Å².